The molecule has 1 aliphatic heterocycles. The lowest BCUT2D eigenvalue weighted by molar-refractivity contribution is -0.186. The lowest BCUT2D eigenvalue weighted by atomic mass is 9.96. The molecule has 26 heavy (non-hydrogen) atoms. The second-order valence-corrected chi connectivity index (χ2v) is 6.39. The van der Waals surface area contributed by atoms with Crippen LogP contribution in [0, 0.1) is 5.92 Å². The number of methoxy groups -OCH3 is 1. The number of carbonyl (C=O) groups excluding carboxylic acids is 2. The molecule has 0 radical (unpaired) electrons. The first-order valence-electron chi connectivity index (χ1n) is 8.55. The van der Waals surface area contributed by atoms with Crippen LogP contribution in [-0.2, 0) is 16.0 Å². The Morgan fingerprint density at radius 1 is 1.19 bits per heavy atom. The Bertz CT molecular complexity index is 609. The van der Waals surface area contributed by atoms with Gasteiger partial charge in [0, 0.05) is 26.1 Å². The molecule has 1 heterocycles. The fourth-order valence-electron chi connectivity index (χ4n) is 2.92. The van der Waals surface area contributed by atoms with Crippen LogP contribution in [0.4, 0.5) is 13.2 Å². The van der Waals surface area contributed by atoms with Crippen molar-refractivity contribution in [2.45, 2.75) is 31.9 Å². The number of halogens is 3. The van der Waals surface area contributed by atoms with Gasteiger partial charge in [-0.2, -0.15) is 13.2 Å². The first-order valence-corrected chi connectivity index (χ1v) is 8.55. The zero-order chi connectivity index (χ0) is 19.2. The minimum atomic E-state index is -4.82. The van der Waals surface area contributed by atoms with E-state index in [9.17, 15) is 22.8 Å². The van der Waals surface area contributed by atoms with E-state index in [1.54, 1.807) is 7.11 Å². The van der Waals surface area contributed by atoms with E-state index in [-0.39, 0.29) is 24.9 Å². The number of piperidine rings is 1. The van der Waals surface area contributed by atoms with Gasteiger partial charge in [-0.05, 0) is 42.9 Å². The SMILES string of the molecule is COc1ccc(CCC(=O)NCC2CCN(C(=O)C(F)(F)F)CC2)cc1. The van der Waals surface area contributed by atoms with Crippen molar-refractivity contribution >= 4 is 11.8 Å². The standard InChI is InChI=1S/C18H23F3N2O3/c1-26-15-5-2-13(3-6-15)4-7-16(24)22-12-14-8-10-23(11-9-14)17(25)18(19,20)21/h2-3,5-6,14H,4,7-12H2,1H3,(H,22,24). The highest BCUT2D eigenvalue weighted by Crippen LogP contribution is 2.23. The van der Waals surface area contributed by atoms with Gasteiger partial charge in [-0.25, -0.2) is 0 Å². The zero-order valence-electron chi connectivity index (χ0n) is 14.6. The quantitative estimate of drug-likeness (QED) is 0.835. The lowest BCUT2D eigenvalue weighted by Gasteiger charge is -2.32. The summed E-state index contributed by atoms with van der Waals surface area (Å²) >= 11 is 0. The number of hydrogen-bond donors (Lipinski definition) is 1. The molecule has 5 nitrogen and oxygen atoms in total. The van der Waals surface area contributed by atoms with Crippen LogP contribution < -0.4 is 10.1 Å². The van der Waals surface area contributed by atoms with Crippen molar-refractivity contribution in [1.82, 2.24) is 10.2 Å². The molecule has 0 bridgehead atoms. The number of amides is 2. The monoisotopic (exact) mass is 372 g/mol. The summed E-state index contributed by atoms with van der Waals surface area (Å²) in [4.78, 5) is 23.9. The molecule has 0 saturated carbocycles. The maximum Gasteiger partial charge on any atom is 0.471 e. The van der Waals surface area contributed by atoms with Crippen molar-refractivity contribution in [2.75, 3.05) is 26.7 Å². The summed E-state index contributed by atoms with van der Waals surface area (Å²) in [6.45, 7) is 0.574. The van der Waals surface area contributed by atoms with Gasteiger partial charge in [-0.15, -0.1) is 0 Å². The Labute approximate surface area is 150 Å². The molecule has 144 valence electrons. The second-order valence-electron chi connectivity index (χ2n) is 6.39. The van der Waals surface area contributed by atoms with Crippen molar-refractivity contribution < 1.29 is 27.5 Å². The molecule has 1 fully saturated rings. The van der Waals surface area contributed by atoms with E-state index in [2.05, 4.69) is 5.32 Å². The van der Waals surface area contributed by atoms with Crippen LogP contribution in [0.25, 0.3) is 0 Å². The van der Waals surface area contributed by atoms with E-state index in [1.807, 2.05) is 24.3 Å². The summed E-state index contributed by atoms with van der Waals surface area (Å²) in [5.41, 5.74) is 1.03. The lowest BCUT2D eigenvalue weighted by Crippen LogP contribution is -2.46. The summed E-state index contributed by atoms with van der Waals surface area (Å²) in [5.74, 6) is -1.01. The Morgan fingerprint density at radius 2 is 1.81 bits per heavy atom. The Hall–Kier alpha value is -2.25. The predicted molar refractivity (Wildman–Crippen MR) is 89.7 cm³/mol. The molecule has 8 heteroatoms. The number of likely N-dealkylation sites (tertiary alicyclic amines) is 1. The molecule has 1 aliphatic rings. The van der Waals surface area contributed by atoms with Crippen molar-refractivity contribution in [1.29, 1.82) is 0 Å². The van der Waals surface area contributed by atoms with Gasteiger partial charge in [-0.1, -0.05) is 12.1 Å². The molecule has 0 aliphatic carbocycles. The maximum absolute atomic E-state index is 12.4. The van der Waals surface area contributed by atoms with Gasteiger partial charge in [0.05, 0.1) is 7.11 Å². The van der Waals surface area contributed by atoms with Crippen molar-refractivity contribution in [3.8, 4) is 5.75 Å². The summed E-state index contributed by atoms with van der Waals surface area (Å²) in [7, 11) is 1.59. The minimum Gasteiger partial charge on any atom is -0.497 e. The van der Waals surface area contributed by atoms with E-state index >= 15 is 0 Å². The molecule has 1 N–H and O–H groups in total. The fraction of sp³-hybridized carbons (Fsp3) is 0.556. The van der Waals surface area contributed by atoms with Gasteiger partial charge in [0.25, 0.3) is 0 Å². The molecular weight excluding hydrogens is 349 g/mol. The highest BCUT2D eigenvalue weighted by Gasteiger charge is 2.43. The number of hydrogen-bond acceptors (Lipinski definition) is 3. The molecule has 1 aromatic rings. The number of carbonyl (C=O) groups is 2. The highest BCUT2D eigenvalue weighted by atomic mass is 19.4. The molecular formula is C18H23F3N2O3. The predicted octanol–water partition coefficient (Wildman–Crippen LogP) is 2.54. The van der Waals surface area contributed by atoms with Crippen molar-refractivity contribution in [3.05, 3.63) is 29.8 Å². The molecule has 1 saturated heterocycles. The van der Waals surface area contributed by atoms with E-state index in [1.165, 1.54) is 0 Å². The van der Waals surface area contributed by atoms with Gasteiger partial charge >= 0.3 is 12.1 Å². The number of benzene rings is 1. The van der Waals surface area contributed by atoms with Crippen molar-refractivity contribution in [2.24, 2.45) is 5.92 Å². The topological polar surface area (TPSA) is 58.6 Å². The summed E-state index contributed by atoms with van der Waals surface area (Å²) in [6.07, 6.45) is -2.95. The molecule has 0 unspecified atom stereocenters. The normalized spacial score (nSPS) is 15.6. The number of nitrogens with one attached hydrogen (secondary N) is 1. The average molecular weight is 372 g/mol. The minimum absolute atomic E-state index is 0.0741. The zero-order valence-corrected chi connectivity index (χ0v) is 14.6. The largest absolute Gasteiger partial charge is 0.497 e. The van der Waals surface area contributed by atoms with Gasteiger partial charge in [0.1, 0.15) is 5.75 Å². The third-order valence-corrected chi connectivity index (χ3v) is 4.53. The van der Waals surface area contributed by atoms with E-state index in [4.69, 9.17) is 4.74 Å². The van der Waals surface area contributed by atoms with Crippen LogP contribution in [0.3, 0.4) is 0 Å². The van der Waals surface area contributed by atoms with E-state index in [0.717, 1.165) is 16.2 Å². The van der Waals surface area contributed by atoms with Gasteiger partial charge in [0.2, 0.25) is 5.91 Å². The maximum atomic E-state index is 12.4. The van der Waals surface area contributed by atoms with E-state index < -0.39 is 12.1 Å². The number of nitrogens with zero attached hydrogens (tertiary/aromatic N) is 1. The Kier molecular flexibility index (Phi) is 6.88. The number of aryl methyl sites for hydroxylation is 1. The van der Waals surface area contributed by atoms with Crippen LogP contribution in [0.2, 0.25) is 0 Å². The summed E-state index contributed by atoms with van der Waals surface area (Å²) in [5, 5.41) is 2.83. The first kappa shape index (κ1) is 20.1. The smallest absolute Gasteiger partial charge is 0.471 e. The number of alkyl halides is 3. The Balaban J connectivity index is 1.66. The van der Waals surface area contributed by atoms with Crippen LogP contribution in [-0.4, -0.2) is 49.6 Å². The van der Waals surface area contributed by atoms with Gasteiger partial charge in [-0.3, -0.25) is 9.59 Å². The Morgan fingerprint density at radius 3 is 2.35 bits per heavy atom. The number of ether oxygens (including phenoxy) is 1. The van der Waals surface area contributed by atoms with E-state index in [0.29, 0.717) is 32.2 Å². The molecule has 2 rings (SSSR count). The summed E-state index contributed by atoms with van der Waals surface area (Å²) < 4.78 is 42.3. The molecule has 0 spiro atoms. The van der Waals surface area contributed by atoms with Crippen LogP contribution in [0.5, 0.6) is 5.75 Å². The molecule has 0 aromatic heterocycles. The van der Waals surface area contributed by atoms with Crippen LogP contribution in [0.15, 0.2) is 24.3 Å². The molecule has 0 atom stereocenters. The summed E-state index contributed by atoms with van der Waals surface area (Å²) in [6, 6.07) is 7.48. The van der Waals surface area contributed by atoms with Crippen LogP contribution in [0.1, 0.15) is 24.8 Å². The van der Waals surface area contributed by atoms with Gasteiger partial charge < -0.3 is 15.0 Å². The third kappa shape index (κ3) is 5.93. The fourth-order valence-corrected chi connectivity index (χ4v) is 2.92. The highest BCUT2D eigenvalue weighted by molar-refractivity contribution is 5.81. The second kappa shape index (κ2) is 8.91. The average Bonchev–Trinajstić information content (AvgIpc) is 2.64. The third-order valence-electron chi connectivity index (χ3n) is 4.53. The van der Waals surface area contributed by atoms with Crippen LogP contribution >= 0.6 is 0 Å². The first-order chi connectivity index (χ1) is 12.3. The van der Waals surface area contributed by atoms with Crippen molar-refractivity contribution in [3.63, 3.8) is 0 Å². The van der Waals surface area contributed by atoms with Gasteiger partial charge in [0.15, 0.2) is 0 Å². The molecule has 2 amide bonds. The molecule has 1 aromatic carbocycles. The number of rotatable bonds is 6.